The van der Waals surface area contributed by atoms with Crippen LogP contribution in [0.25, 0.3) is 0 Å². The highest BCUT2D eigenvalue weighted by Gasteiger charge is 2.87. The fraction of sp³-hybridized carbons (Fsp3) is 0.953. The van der Waals surface area contributed by atoms with Gasteiger partial charge in [-0.25, -0.2) is 9.59 Å². The molecule has 19 nitrogen and oxygen atoms in total. The minimum atomic E-state index is -0.713. The first-order chi connectivity index (χ1) is 49.4. The maximum Gasteiger partial charge on any atom is 0.410 e. The van der Waals surface area contributed by atoms with Gasteiger partial charge in [0.15, 0.2) is 12.6 Å². The Morgan fingerprint density at radius 2 is 0.933 bits per heavy atom. The summed E-state index contributed by atoms with van der Waals surface area (Å²) < 4.78 is 52.1. The van der Waals surface area contributed by atoms with Crippen molar-refractivity contribution in [2.75, 3.05) is 65.6 Å². The molecule has 0 aromatic rings. The van der Waals surface area contributed by atoms with Crippen molar-refractivity contribution in [1.29, 1.82) is 0 Å². The number of aliphatic hydroxyl groups excluding tert-OH is 2. The van der Waals surface area contributed by atoms with E-state index in [1.165, 1.54) is 64.2 Å². The number of carbonyl (C=O) groups is 4. The molecular weight excluding hydrogens is 1330 g/mol. The lowest BCUT2D eigenvalue weighted by atomic mass is 9.41. The van der Waals surface area contributed by atoms with Crippen LogP contribution in [-0.2, 0) is 47.5 Å². The van der Waals surface area contributed by atoms with Gasteiger partial charge in [-0.05, 0) is 230 Å². The van der Waals surface area contributed by atoms with E-state index >= 15 is 0 Å². The molecular formula is C86H142N4O15. The molecule has 4 N–H and O–H groups in total. The zero-order chi connectivity index (χ0) is 75.5. The number of aliphatic carboxylic acids is 1. The van der Waals surface area contributed by atoms with Crippen molar-refractivity contribution in [1.82, 2.24) is 20.0 Å². The number of morpholine rings is 2. The molecule has 28 atom stereocenters. The quantitative estimate of drug-likeness (QED) is 0.127. The Hall–Kier alpha value is -2.88. The first kappa shape index (κ1) is 78.8. The summed E-state index contributed by atoms with van der Waals surface area (Å²) >= 11 is 0. The van der Waals surface area contributed by atoms with Crippen LogP contribution in [0.1, 0.15) is 253 Å². The van der Waals surface area contributed by atoms with Gasteiger partial charge in [0.1, 0.15) is 12.2 Å². The SMILES string of the molecule is CC(C)CC(=O)N1CCO[C@@H](OC2CC[C@]34CC35CC[C@]3(C)[C@@H]6[C@H](O[C@@H]([C@H](OC(=O)N7CCC7)C(C)C)C[C@H]6C)[C@H](O)[C@@]3(C)[C@@H]5CC[C@H]4C2(C)C)C1.CC(C)CC(=O)O.CC(C)[C@@H](OC(=O)N1CCC1)[C@H]1C[C@@H](C)[C@H]2[C@H](O1)[C@H](O)[C@@]1(C)[C@@H]3CC[C@H]4C(C)(C)C(O[C@H]5CNCCO5)CC[C@@]45CC35CC[C@]21C. The smallest absolute Gasteiger partial charge is 0.410 e. The molecule has 16 aliphatic rings. The fourth-order valence-electron chi connectivity index (χ4n) is 28.9. The Kier molecular flexibility index (Phi) is 21.3. The van der Waals surface area contributed by atoms with Gasteiger partial charge in [-0.3, -0.25) is 9.59 Å². The molecule has 0 radical (unpaired) electrons. The lowest BCUT2D eigenvalue weighted by Crippen LogP contribution is -2.60. The van der Waals surface area contributed by atoms with Crippen LogP contribution >= 0.6 is 0 Å². The third-order valence-electron chi connectivity index (χ3n) is 34.4. The lowest BCUT2D eigenvalue weighted by molar-refractivity contribution is -0.248. The predicted octanol–water partition coefficient (Wildman–Crippen LogP) is 14.4. The normalized spacial score (nSPS) is 47.6. The molecule has 16 fully saturated rings. The predicted molar refractivity (Wildman–Crippen MR) is 400 cm³/mol. The zero-order valence-electron chi connectivity index (χ0n) is 68.2. The molecule has 0 aromatic heterocycles. The number of carboxylic acids is 1. The molecule has 6 heterocycles. The topological polar surface area (TPSA) is 225 Å². The Morgan fingerprint density at radius 1 is 0.514 bits per heavy atom. The molecule has 10 saturated carbocycles. The summed E-state index contributed by atoms with van der Waals surface area (Å²) in [6, 6.07) is 0. The van der Waals surface area contributed by atoms with Crippen molar-refractivity contribution in [2.45, 2.75) is 327 Å². The molecule has 10 aliphatic carbocycles. The van der Waals surface area contributed by atoms with Crippen LogP contribution in [0.2, 0.25) is 0 Å². The van der Waals surface area contributed by atoms with Crippen molar-refractivity contribution in [3.63, 3.8) is 0 Å². The first-order valence-corrected chi connectivity index (χ1v) is 42.8. The summed E-state index contributed by atoms with van der Waals surface area (Å²) in [4.78, 5) is 54.2. The zero-order valence-corrected chi connectivity index (χ0v) is 68.2. The van der Waals surface area contributed by atoms with E-state index in [-0.39, 0.29) is 148 Å². The van der Waals surface area contributed by atoms with Gasteiger partial charge in [0.2, 0.25) is 5.91 Å². The molecule has 596 valence electrons. The van der Waals surface area contributed by atoms with Crippen molar-refractivity contribution >= 4 is 24.1 Å². The second-order valence-electron chi connectivity index (χ2n) is 41.5. The highest BCUT2D eigenvalue weighted by molar-refractivity contribution is 5.76. The molecule has 6 saturated heterocycles. The summed E-state index contributed by atoms with van der Waals surface area (Å²) in [5.41, 5.74) is 0.920. The Bertz CT molecular complexity index is 3170. The van der Waals surface area contributed by atoms with Gasteiger partial charge in [-0.2, -0.15) is 0 Å². The summed E-state index contributed by atoms with van der Waals surface area (Å²) in [6.07, 6.45) is 18.3. The molecule has 0 aromatic carbocycles. The van der Waals surface area contributed by atoms with E-state index in [1.54, 1.807) is 9.80 Å². The van der Waals surface area contributed by atoms with Gasteiger partial charge in [0, 0.05) is 69.5 Å². The minimum absolute atomic E-state index is 0.00553. The third-order valence-corrected chi connectivity index (χ3v) is 34.4. The molecule has 16 rings (SSSR count). The summed E-state index contributed by atoms with van der Waals surface area (Å²) in [5.74, 6) is 3.96. The van der Waals surface area contributed by atoms with Crippen LogP contribution < -0.4 is 5.32 Å². The number of rotatable bonds is 14. The van der Waals surface area contributed by atoms with E-state index in [4.69, 9.17) is 43.0 Å². The van der Waals surface area contributed by atoms with Gasteiger partial charge in [0.05, 0.1) is 68.6 Å². The second-order valence-corrected chi connectivity index (χ2v) is 41.5. The number of amides is 3. The average Bonchev–Trinajstić information content (AvgIpc) is 1.46. The first-order valence-electron chi connectivity index (χ1n) is 42.8. The lowest BCUT2D eigenvalue weighted by Gasteiger charge is -2.64. The number of hydrogen-bond acceptors (Lipinski definition) is 15. The summed E-state index contributed by atoms with van der Waals surface area (Å²) in [6.45, 7) is 48.3. The monoisotopic (exact) mass is 1470 g/mol. The van der Waals surface area contributed by atoms with Gasteiger partial charge in [-0.1, -0.05) is 125 Å². The highest BCUT2D eigenvalue weighted by atomic mass is 16.7. The van der Waals surface area contributed by atoms with Gasteiger partial charge in [0.25, 0.3) is 0 Å². The minimum Gasteiger partial charge on any atom is -0.481 e. The van der Waals surface area contributed by atoms with Crippen LogP contribution in [-0.4, -0.2) is 193 Å². The van der Waals surface area contributed by atoms with Gasteiger partial charge >= 0.3 is 18.2 Å². The number of nitrogens with one attached hydrogen (secondary N) is 1. The largest absolute Gasteiger partial charge is 0.481 e. The standard InChI is InChI=1S/C43H70N2O7.C38H62N2O6.C5H10O2/c1-25(2)21-32(46)45-19-20-49-33(23-45)51-31-13-14-42-24-43(42)16-15-40(8)34-27(5)22-28(35(26(3)4)52-38(48)44-17-10-18-44)50-36(34)37(47)41(40,9)30(43)12-11-29(42)39(31,6)7;1-22(2)30(46-33(42)40-16-8-17-40)24-19-23(3)29-31(44-24)32(41)36(7)26-10-9-25-34(4,5)27(45-28-20-39-15-18-43-28)11-12-37(25)21-38(26,37)14-13-35(29,36)6;1-4(2)3-5(6)7/h25-31,33-37,47H,10-24H2,1-9H3;22-32,39,41H,8-21H2,1-7H3;4H,3H2,1-2H3,(H,6,7)/t27-,28-,29+,30+,31?,33+,34+,35-,36+,37+,40-,41-,42-,43?;23-,24-,25+,26+,27?,28+,29+,30-,31+,32+,35-,36-,37-,38?;/m11./s1. The van der Waals surface area contributed by atoms with Crippen molar-refractivity contribution < 1.29 is 72.4 Å². The maximum absolute atomic E-state index is 13.0. The van der Waals surface area contributed by atoms with Crippen molar-refractivity contribution in [2.24, 2.45) is 125 Å². The van der Waals surface area contributed by atoms with Gasteiger partial charge in [-0.15, -0.1) is 0 Å². The number of ether oxygens (including phenoxy) is 8. The molecule has 4 spiro atoms. The van der Waals surface area contributed by atoms with E-state index in [0.717, 1.165) is 97.2 Å². The highest BCUT2D eigenvalue weighted by Crippen LogP contribution is 2.91. The number of nitrogens with zero attached hydrogens (tertiary/aromatic N) is 3. The number of hydrogen-bond donors (Lipinski definition) is 4. The number of aliphatic hydroxyl groups is 2. The fourth-order valence-corrected chi connectivity index (χ4v) is 28.9. The van der Waals surface area contributed by atoms with Crippen LogP contribution in [0.15, 0.2) is 0 Å². The molecule has 6 aliphatic heterocycles. The number of carboxylic acid groups (broad SMARTS) is 1. The second kappa shape index (κ2) is 28.3. The molecule has 3 amide bonds. The van der Waals surface area contributed by atoms with E-state index in [2.05, 4.69) is 116 Å². The average molecular weight is 1470 g/mol. The van der Waals surface area contributed by atoms with Crippen LogP contribution in [0.3, 0.4) is 0 Å². The summed E-state index contributed by atoms with van der Waals surface area (Å²) in [7, 11) is 0. The van der Waals surface area contributed by atoms with E-state index < -0.39 is 18.2 Å². The Balaban J connectivity index is 0.000000163. The number of fused-ring (bicyclic) bond motifs is 8. The Labute approximate surface area is 630 Å². The van der Waals surface area contributed by atoms with Crippen LogP contribution in [0, 0.1) is 125 Å². The van der Waals surface area contributed by atoms with E-state index in [9.17, 15) is 29.4 Å². The molecule has 105 heavy (non-hydrogen) atoms. The molecule has 4 unspecified atom stereocenters. The van der Waals surface area contributed by atoms with Crippen molar-refractivity contribution in [3.8, 4) is 0 Å². The molecule has 19 heteroatoms. The number of carbonyl (C=O) groups excluding carboxylic acids is 3. The third kappa shape index (κ3) is 12.4. The van der Waals surface area contributed by atoms with E-state index in [1.807, 2.05) is 18.7 Å². The maximum atomic E-state index is 13.0. The summed E-state index contributed by atoms with van der Waals surface area (Å²) in [5, 5.41) is 36.9. The van der Waals surface area contributed by atoms with E-state index in [0.29, 0.717) is 89.7 Å². The van der Waals surface area contributed by atoms with Crippen LogP contribution in [0.5, 0.6) is 0 Å². The van der Waals surface area contributed by atoms with Crippen LogP contribution in [0.4, 0.5) is 9.59 Å². The Morgan fingerprint density at radius 3 is 1.31 bits per heavy atom. The number of likely N-dealkylation sites (tertiary alicyclic amines) is 2. The van der Waals surface area contributed by atoms with Crippen molar-refractivity contribution in [3.05, 3.63) is 0 Å². The van der Waals surface area contributed by atoms with Gasteiger partial charge < -0.3 is 73.2 Å². The molecule has 0 bridgehead atoms.